The van der Waals surface area contributed by atoms with Crippen LogP contribution >= 0.6 is 0 Å². The van der Waals surface area contributed by atoms with Gasteiger partial charge >= 0.3 is 16.1 Å². The molecule has 1 aromatic heterocycles. The van der Waals surface area contributed by atoms with E-state index >= 15 is 0 Å². The summed E-state index contributed by atoms with van der Waals surface area (Å²) >= 11 is 0. The van der Waals surface area contributed by atoms with Crippen LogP contribution in [0.1, 0.15) is 19.4 Å². The van der Waals surface area contributed by atoms with Gasteiger partial charge in [-0.05, 0) is 38.1 Å². The maximum Gasteiger partial charge on any atom is 0.326 e. The molecule has 11 heteroatoms. The van der Waals surface area contributed by atoms with E-state index in [-0.39, 0.29) is 12.4 Å². The molecule has 0 saturated carbocycles. The molecule has 1 amide bonds. The first kappa shape index (κ1) is 21.6. The van der Waals surface area contributed by atoms with E-state index in [4.69, 9.17) is 13.7 Å². The third-order valence-corrected chi connectivity index (χ3v) is 5.72. The van der Waals surface area contributed by atoms with Crippen molar-refractivity contribution in [3.8, 4) is 22.9 Å². The number of anilines is 1. The molecule has 3 aromatic rings. The van der Waals surface area contributed by atoms with Crippen molar-refractivity contribution >= 4 is 38.7 Å². The maximum atomic E-state index is 12.6. The number of carbonyl (C=O) groups is 2. The molecule has 168 valence electrons. The van der Waals surface area contributed by atoms with Crippen molar-refractivity contribution < 1.29 is 31.7 Å². The van der Waals surface area contributed by atoms with Gasteiger partial charge in [0.25, 0.3) is 0 Å². The molecular formula is C21H21N3O7S. The Bertz CT molecular complexity index is 1360. The predicted molar refractivity (Wildman–Crippen MR) is 116 cm³/mol. The maximum absolute atomic E-state index is 12.6. The lowest BCUT2D eigenvalue weighted by molar-refractivity contribution is -0.152. The van der Waals surface area contributed by atoms with Gasteiger partial charge in [-0.2, -0.15) is 8.42 Å². The fraction of sp³-hybridized carbons (Fsp3) is 0.286. The Hall–Kier alpha value is -3.60. The minimum atomic E-state index is -3.68. The zero-order valence-corrected chi connectivity index (χ0v) is 18.6. The highest BCUT2D eigenvalue weighted by atomic mass is 32.2. The number of esters is 1. The normalized spacial score (nSPS) is 17.7. The number of hydrogen-bond donors (Lipinski definition) is 2. The standard InChI is InChI=1S/C21H21N3O7S/c1-5-30-20(26)21(2)13-9-15-16(10-14(13)24-19(21)25)23-18(22-15)12-7-6-11(8-17(12)29-3)31-32(4,27)28/h6-10H,5H2,1-4H3,(H,22,23)(H,24,25). The molecule has 1 aliphatic heterocycles. The molecule has 0 fully saturated rings. The number of benzene rings is 2. The quantitative estimate of drug-likeness (QED) is 0.326. The lowest BCUT2D eigenvalue weighted by Crippen LogP contribution is -2.40. The molecular weight excluding hydrogens is 438 g/mol. The van der Waals surface area contributed by atoms with Gasteiger partial charge in [-0.1, -0.05) is 0 Å². The third-order valence-electron chi connectivity index (χ3n) is 5.22. The number of imidazole rings is 1. The molecule has 2 heterocycles. The highest BCUT2D eigenvalue weighted by molar-refractivity contribution is 7.86. The van der Waals surface area contributed by atoms with Crippen molar-refractivity contribution in [1.82, 2.24) is 9.97 Å². The van der Waals surface area contributed by atoms with Crippen LogP contribution in [-0.2, 0) is 29.9 Å². The summed E-state index contributed by atoms with van der Waals surface area (Å²) in [5.41, 5.74) is 1.24. The molecule has 0 aliphatic carbocycles. The van der Waals surface area contributed by atoms with Crippen LogP contribution in [-0.4, -0.2) is 50.2 Å². The van der Waals surface area contributed by atoms with E-state index < -0.39 is 27.4 Å². The summed E-state index contributed by atoms with van der Waals surface area (Å²) in [6.45, 7) is 3.36. The summed E-state index contributed by atoms with van der Waals surface area (Å²) in [5, 5.41) is 2.73. The van der Waals surface area contributed by atoms with Crippen LogP contribution in [0.2, 0.25) is 0 Å². The van der Waals surface area contributed by atoms with Crippen LogP contribution in [0.15, 0.2) is 30.3 Å². The highest BCUT2D eigenvalue weighted by Crippen LogP contribution is 2.41. The molecule has 4 rings (SSSR count). The summed E-state index contributed by atoms with van der Waals surface area (Å²) in [4.78, 5) is 32.8. The Balaban J connectivity index is 1.78. The zero-order chi connectivity index (χ0) is 23.3. The number of fused-ring (bicyclic) bond motifs is 2. The van der Waals surface area contributed by atoms with Crippen LogP contribution < -0.4 is 14.2 Å². The second-order valence-corrected chi connectivity index (χ2v) is 9.02. The number of amides is 1. The molecule has 0 saturated heterocycles. The first-order valence-electron chi connectivity index (χ1n) is 9.67. The largest absolute Gasteiger partial charge is 0.496 e. The van der Waals surface area contributed by atoms with Crippen molar-refractivity contribution in [2.45, 2.75) is 19.3 Å². The number of H-pyrrole nitrogens is 1. The van der Waals surface area contributed by atoms with Gasteiger partial charge in [0.1, 0.15) is 17.3 Å². The Morgan fingerprint density at radius 1 is 1.22 bits per heavy atom. The molecule has 0 radical (unpaired) electrons. The fourth-order valence-corrected chi connectivity index (χ4v) is 4.10. The zero-order valence-electron chi connectivity index (χ0n) is 17.8. The predicted octanol–water partition coefficient (Wildman–Crippen LogP) is 2.35. The van der Waals surface area contributed by atoms with Crippen molar-refractivity contribution in [1.29, 1.82) is 0 Å². The average molecular weight is 459 g/mol. The minimum Gasteiger partial charge on any atom is -0.496 e. The smallest absolute Gasteiger partial charge is 0.326 e. The number of nitrogens with zero attached hydrogens (tertiary/aromatic N) is 1. The molecule has 1 unspecified atom stereocenters. The second-order valence-electron chi connectivity index (χ2n) is 7.45. The van der Waals surface area contributed by atoms with Gasteiger partial charge in [0.2, 0.25) is 5.91 Å². The Morgan fingerprint density at radius 3 is 2.62 bits per heavy atom. The van der Waals surface area contributed by atoms with Crippen LogP contribution in [0.4, 0.5) is 5.69 Å². The van der Waals surface area contributed by atoms with Crippen molar-refractivity contribution in [3.63, 3.8) is 0 Å². The summed E-state index contributed by atoms with van der Waals surface area (Å²) in [6, 6.07) is 7.94. The molecule has 32 heavy (non-hydrogen) atoms. The lowest BCUT2D eigenvalue weighted by atomic mass is 9.83. The van der Waals surface area contributed by atoms with Crippen LogP contribution in [0.3, 0.4) is 0 Å². The number of aromatic nitrogens is 2. The number of ether oxygens (including phenoxy) is 2. The molecule has 0 bridgehead atoms. The second kappa shape index (κ2) is 7.52. The van der Waals surface area contributed by atoms with E-state index in [1.54, 1.807) is 25.1 Å². The number of nitrogens with one attached hydrogen (secondary N) is 2. The SMILES string of the molecule is CCOC(=O)C1(C)C(=O)Nc2cc3[nH]c(-c4ccc(OS(C)(=O)=O)cc4OC)nc3cc21. The number of methoxy groups -OCH3 is 1. The number of hydrogen-bond acceptors (Lipinski definition) is 8. The van der Waals surface area contributed by atoms with Gasteiger partial charge in [0.15, 0.2) is 5.41 Å². The summed E-state index contributed by atoms with van der Waals surface area (Å²) in [7, 11) is -2.24. The summed E-state index contributed by atoms with van der Waals surface area (Å²) < 4.78 is 38.2. The Kier molecular flexibility index (Phi) is 5.08. The lowest BCUT2D eigenvalue weighted by Gasteiger charge is -2.19. The van der Waals surface area contributed by atoms with E-state index in [1.165, 1.54) is 26.2 Å². The van der Waals surface area contributed by atoms with Gasteiger partial charge in [-0.3, -0.25) is 9.59 Å². The van der Waals surface area contributed by atoms with E-state index in [0.29, 0.717) is 39.4 Å². The first-order chi connectivity index (χ1) is 15.1. The van der Waals surface area contributed by atoms with Gasteiger partial charge in [-0.25, -0.2) is 4.98 Å². The number of aromatic amines is 1. The van der Waals surface area contributed by atoms with Gasteiger partial charge in [0.05, 0.1) is 36.6 Å². The Morgan fingerprint density at radius 2 is 1.97 bits per heavy atom. The fourth-order valence-electron chi connectivity index (χ4n) is 3.64. The molecule has 2 aromatic carbocycles. The molecule has 1 atom stereocenters. The minimum absolute atomic E-state index is 0.108. The van der Waals surface area contributed by atoms with E-state index in [0.717, 1.165) is 6.26 Å². The molecule has 10 nitrogen and oxygen atoms in total. The molecule has 0 spiro atoms. The van der Waals surface area contributed by atoms with Gasteiger partial charge < -0.3 is 24.0 Å². The molecule has 1 aliphatic rings. The molecule has 2 N–H and O–H groups in total. The van der Waals surface area contributed by atoms with Crippen molar-refractivity contribution in [3.05, 3.63) is 35.9 Å². The van der Waals surface area contributed by atoms with Crippen molar-refractivity contribution in [2.24, 2.45) is 0 Å². The highest BCUT2D eigenvalue weighted by Gasteiger charge is 2.50. The third kappa shape index (κ3) is 3.54. The van der Waals surface area contributed by atoms with Crippen LogP contribution in [0.5, 0.6) is 11.5 Å². The first-order valence-corrected chi connectivity index (χ1v) is 11.5. The summed E-state index contributed by atoms with van der Waals surface area (Å²) in [5.74, 6) is -0.175. The van der Waals surface area contributed by atoms with Crippen LogP contribution in [0.25, 0.3) is 22.4 Å². The Labute approximate surface area is 184 Å². The van der Waals surface area contributed by atoms with E-state index in [2.05, 4.69) is 15.3 Å². The average Bonchev–Trinajstić information content (AvgIpc) is 3.24. The monoisotopic (exact) mass is 459 g/mol. The van der Waals surface area contributed by atoms with E-state index in [9.17, 15) is 18.0 Å². The summed E-state index contributed by atoms with van der Waals surface area (Å²) in [6.07, 6.45) is 0.953. The van der Waals surface area contributed by atoms with Gasteiger partial charge in [0, 0.05) is 17.3 Å². The van der Waals surface area contributed by atoms with Gasteiger partial charge in [-0.15, -0.1) is 0 Å². The topological polar surface area (TPSA) is 137 Å². The van der Waals surface area contributed by atoms with Crippen molar-refractivity contribution in [2.75, 3.05) is 25.3 Å². The number of carbonyl (C=O) groups excluding carboxylic acids is 2. The van der Waals surface area contributed by atoms with Crippen LogP contribution in [0, 0.1) is 0 Å². The van der Waals surface area contributed by atoms with E-state index in [1.807, 2.05) is 0 Å². The number of rotatable bonds is 6.